The molecule has 0 saturated heterocycles. The van der Waals surface area contributed by atoms with Crippen molar-refractivity contribution >= 4 is 31.9 Å². The second-order valence-corrected chi connectivity index (χ2v) is 16.1. The third kappa shape index (κ3) is 7.17. The van der Waals surface area contributed by atoms with Crippen LogP contribution in [0.3, 0.4) is 0 Å². The molecule has 0 saturated carbocycles. The highest BCUT2D eigenvalue weighted by atomic mass is 28.4. The van der Waals surface area contributed by atoms with Crippen molar-refractivity contribution in [3.63, 3.8) is 0 Å². The van der Waals surface area contributed by atoms with Gasteiger partial charge in [-0.3, -0.25) is 0 Å². The summed E-state index contributed by atoms with van der Waals surface area (Å²) in [7, 11) is -3.61. The molecule has 214 valence electrons. The van der Waals surface area contributed by atoms with Gasteiger partial charge in [-0.15, -0.1) is 0 Å². The summed E-state index contributed by atoms with van der Waals surface area (Å²) in [6.45, 7) is 13.5. The van der Waals surface area contributed by atoms with E-state index in [1.54, 1.807) is 6.07 Å². The Balaban J connectivity index is 1.55. The summed E-state index contributed by atoms with van der Waals surface area (Å²) in [5, 5.41) is 22.0. The fourth-order valence-electron chi connectivity index (χ4n) is 5.64. The molecule has 4 nitrogen and oxygen atoms in total. The van der Waals surface area contributed by atoms with Crippen LogP contribution in [-0.2, 0) is 9.08 Å². The first kappa shape index (κ1) is 30.7. The lowest BCUT2D eigenvalue weighted by molar-refractivity contribution is 0.181. The van der Waals surface area contributed by atoms with E-state index in [0.29, 0.717) is 31.3 Å². The highest BCUT2D eigenvalue weighted by molar-refractivity contribution is 6.99. The van der Waals surface area contributed by atoms with Gasteiger partial charge in [0, 0.05) is 6.32 Å². The summed E-state index contributed by atoms with van der Waals surface area (Å²) in [6.07, 6.45) is 5.28. The molecule has 0 spiro atoms. The average Bonchev–Trinajstić information content (AvgIpc) is 2.94. The van der Waals surface area contributed by atoms with E-state index in [9.17, 15) is 14.5 Å². The zero-order chi connectivity index (χ0) is 29.6. The van der Waals surface area contributed by atoms with Gasteiger partial charge in [0.2, 0.25) is 0 Å². The molecule has 1 aliphatic heterocycles. The lowest BCUT2D eigenvalue weighted by atomic mass is 9.78. The van der Waals surface area contributed by atoms with Crippen LogP contribution in [0.5, 0.6) is 5.75 Å². The summed E-state index contributed by atoms with van der Waals surface area (Å²) < 4.78 is 26.9. The van der Waals surface area contributed by atoms with Gasteiger partial charge in [-0.25, -0.2) is 4.39 Å². The molecule has 1 heterocycles. The van der Waals surface area contributed by atoms with Crippen LogP contribution in [0, 0.1) is 5.82 Å². The monoisotopic (exact) mass is 570 g/mol. The Kier molecular flexibility index (Phi) is 9.87. The number of phenolic OH excluding ortho intramolecular Hbond substituents is 1. The molecule has 0 aromatic heterocycles. The zero-order valence-electron chi connectivity index (χ0n) is 24.4. The standard InChI is InChI=1S/C34H40BFO4Si/c1-25(22-27-17-18-32(37)31(36)23-27)16-19-33-30(20-21-35(38)40-33)26(2)24-39-41(34(3,4)5,28-12-8-6-9-13-28)29-14-10-7-11-15-29/h6-15,17-18,20,22-23,33,37-38H,2,16,19,21,24H2,1,3-5H3/b25-22+. The number of halogens is 1. The molecule has 41 heavy (non-hydrogen) atoms. The Morgan fingerprint density at radius 3 is 2.24 bits per heavy atom. The van der Waals surface area contributed by atoms with Gasteiger partial charge in [-0.05, 0) is 64.0 Å². The highest BCUT2D eigenvalue weighted by Crippen LogP contribution is 2.38. The molecule has 0 aliphatic carbocycles. The van der Waals surface area contributed by atoms with Gasteiger partial charge in [0.15, 0.2) is 11.6 Å². The average molecular weight is 571 g/mol. The second-order valence-electron chi connectivity index (χ2n) is 11.8. The molecule has 0 radical (unpaired) electrons. The van der Waals surface area contributed by atoms with E-state index in [1.807, 2.05) is 31.2 Å². The minimum atomic E-state index is -2.74. The fourth-order valence-corrected chi connectivity index (χ4v) is 10.2. The maximum Gasteiger partial charge on any atom is 0.458 e. The van der Waals surface area contributed by atoms with Gasteiger partial charge in [0.05, 0.1) is 12.7 Å². The van der Waals surface area contributed by atoms with Crippen LogP contribution >= 0.6 is 0 Å². The van der Waals surface area contributed by atoms with E-state index in [1.165, 1.54) is 22.5 Å². The van der Waals surface area contributed by atoms with Crippen molar-refractivity contribution in [2.75, 3.05) is 6.61 Å². The van der Waals surface area contributed by atoms with E-state index in [0.717, 1.165) is 16.7 Å². The highest BCUT2D eigenvalue weighted by Gasteiger charge is 2.50. The van der Waals surface area contributed by atoms with Crippen molar-refractivity contribution in [3.8, 4) is 5.75 Å². The van der Waals surface area contributed by atoms with Crippen molar-refractivity contribution in [2.24, 2.45) is 0 Å². The molecule has 3 aromatic carbocycles. The molecular weight excluding hydrogens is 530 g/mol. The van der Waals surface area contributed by atoms with Crippen molar-refractivity contribution in [1.82, 2.24) is 0 Å². The second kappa shape index (κ2) is 13.2. The van der Waals surface area contributed by atoms with Crippen molar-refractivity contribution < 1.29 is 23.6 Å². The van der Waals surface area contributed by atoms with E-state index in [2.05, 4.69) is 75.9 Å². The van der Waals surface area contributed by atoms with Crippen molar-refractivity contribution in [1.29, 1.82) is 0 Å². The van der Waals surface area contributed by atoms with E-state index >= 15 is 0 Å². The Morgan fingerprint density at radius 2 is 1.68 bits per heavy atom. The molecule has 0 bridgehead atoms. The van der Waals surface area contributed by atoms with Gasteiger partial charge >= 0.3 is 7.12 Å². The third-order valence-electron chi connectivity index (χ3n) is 7.68. The summed E-state index contributed by atoms with van der Waals surface area (Å²) in [5.41, 5.74) is 3.52. The topological polar surface area (TPSA) is 58.9 Å². The van der Waals surface area contributed by atoms with Crippen LogP contribution in [0.4, 0.5) is 4.39 Å². The molecule has 0 fully saturated rings. The normalized spacial score (nSPS) is 16.4. The SMILES string of the molecule is C=C(CO[Si](c1ccccc1)(c1ccccc1)C(C)(C)C)C1=CCB(O)OC1CC/C(C)=C/c1ccc(O)c(F)c1. The van der Waals surface area contributed by atoms with Gasteiger partial charge in [0.25, 0.3) is 8.32 Å². The predicted octanol–water partition coefficient (Wildman–Crippen LogP) is 6.65. The van der Waals surface area contributed by atoms with Crippen molar-refractivity contribution in [3.05, 3.63) is 120 Å². The molecule has 3 aromatic rings. The first-order chi connectivity index (χ1) is 19.5. The lowest BCUT2D eigenvalue weighted by Gasteiger charge is -2.43. The Labute approximate surface area is 245 Å². The van der Waals surface area contributed by atoms with Gasteiger partial charge < -0.3 is 19.2 Å². The van der Waals surface area contributed by atoms with E-state index < -0.39 is 21.3 Å². The molecule has 2 N–H and O–H groups in total. The van der Waals surface area contributed by atoms with Crippen LogP contribution in [0.25, 0.3) is 6.08 Å². The smallest absolute Gasteiger partial charge is 0.458 e. The third-order valence-corrected chi connectivity index (χ3v) is 12.7. The minimum Gasteiger partial charge on any atom is -0.505 e. The number of benzene rings is 3. The van der Waals surface area contributed by atoms with Crippen molar-refractivity contribution in [2.45, 2.75) is 58.0 Å². The Bertz CT molecular complexity index is 1360. The molecule has 0 amide bonds. The van der Waals surface area contributed by atoms with Crippen LogP contribution < -0.4 is 10.4 Å². The number of phenols is 1. The molecular formula is C34H40BFO4Si. The summed E-state index contributed by atoms with van der Waals surface area (Å²) in [4.78, 5) is 0. The first-order valence-corrected chi connectivity index (χ1v) is 16.0. The van der Waals surface area contributed by atoms with Crippen LogP contribution in [0.2, 0.25) is 11.4 Å². The number of aromatic hydroxyl groups is 1. The van der Waals surface area contributed by atoms with E-state index in [-0.39, 0.29) is 16.9 Å². The molecule has 1 aliphatic rings. The molecule has 4 rings (SSSR count). The molecule has 1 unspecified atom stereocenters. The summed E-state index contributed by atoms with van der Waals surface area (Å²) in [6, 6.07) is 25.4. The van der Waals surface area contributed by atoms with E-state index in [4.69, 9.17) is 9.08 Å². The lowest BCUT2D eigenvalue weighted by Crippen LogP contribution is -2.66. The fraction of sp³-hybridized carbons (Fsp3) is 0.294. The largest absolute Gasteiger partial charge is 0.505 e. The summed E-state index contributed by atoms with van der Waals surface area (Å²) >= 11 is 0. The van der Waals surface area contributed by atoms with Crippen LogP contribution in [-0.4, -0.2) is 38.3 Å². The number of rotatable bonds is 10. The Hall–Kier alpha value is -3.23. The van der Waals surface area contributed by atoms with Gasteiger partial charge in [0.1, 0.15) is 0 Å². The summed E-state index contributed by atoms with van der Waals surface area (Å²) in [5.74, 6) is -1.01. The first-order valence-electron chi connectivity index (χ1n) is 14.1. The number of hydrogen-bond donors (Lipinski definition) is 2. The minimum absolute atomic E-state index is 0.154. The predicted molar refractivity (Wildman–Crippen MR) is 169 cm³/mol. The van der Waals surface area contributed by atoms with Gasteiger partial charge in [-0.2, -0.15) is 0 Å². The van der Waals surface area contributed by atoms with Crippen LogP contribution in [0.1, 0.15) is 46.1 Å². The number of hydrogen-bond acceptors (Lipinski definition) is 4. The maximum atomic E-state index is 13.8. The molecule has 7 heteroatoms. The maximum absolute atomic E-state index is 13.8. The number of allylic oxidation sites excluding steroid dienone is 2. The quantitative estimate of drug-likeness (QED) is 0.268. The molecule has 1 atom stereocenters. The van der Waals surface area contributed by atoms with Gasteiger partial charge in [-0.1, -0.05) is 112 Å². The zero-order valence-corrected chi connectivity index (χ0v) is 25.4. The van der Waals surface area contributed by atoms with Crippen LogP contribution in [0.15, 0.2) is 108 Å². The Morgan fingerprint density at radius 1 is 1.07 bits per heavy atom.